The number of nitrogens with zero attached hydrogens (tertiary/aromatic N) is 1. The van der Waals surface area contributed by atoms with Crippen molar-refractivity contribution in [3.05, 3.63) is 29.8 Å². The average molecular weight is 991 g/mol. The Morgan fingerprint density at radius 3 is 1.53 bits per heavy atom. The van der Waals surface area contributed by atoms with Crippen molar-refractivity contribution < 1.29 is 89.3 Å². The number of hydrogen-bond donors (Lipinski definition) is 4. The molecule has 5 atom stereocenters. The van der Waals surface area contributed by atoms with Gasteiger partial charge < -0.3 is 49.3 Å². The quantitative estimate of drug-likeness (QED) is 0.0185. The molecule has 0 aliphatic heterocycles. The molecule has 0 saturated heterocycles. The molecule has 0 aliphatic rings. The van der Waals surface area contributed by atoms with Crippen LogP contribution in [0.15, 0.2) is 29.2 Å². The minimum atomic E-state index is -4.62. The van der Waals surface area contributed by atoms with E-state index < -0.39 is 91.8 Å². The van der Waals surface area contributed by atoms with Crippen molar-refractivity contribution in [3.63, 3.8) is 0 Å². The summed E-state index contributed by atoms with van der Waals surface area (Å²) in [5.74, 6) is -10.00. The molecule has 1 rings (SSSR count). The number of ether oxygens (including phenoxy) is 7. The van der Waals surface area contributed by atoms with E-state index in [2.05, 4.69) is 5.32 Å². The summed E-state index contributed by atoms with van der Waals surface area (Å²) in [6.07, 6.45) is -0.997. The van der Waals surface area contributed by atoms with Gasteiger partial charge in [0.2, 0.25) is 18.5 Å². The van der Waals surface area contributed by atoms with Gasteiger partial charge in [0.25, 0.3) is 10.1 Å². The number of carboxylic acid groups (broad SMARTS) is 1. The maximum atomic E-state index is 15.1. The summed E-state index contributed by atoms with van der Waals surface area (Å²) in [7, 11) is -0.861. The first-order chi connectivity index (χ1) is 32.0. The number of primary amides is 1. The molecule has 0 fully saturated rings. The van der Waals surface area contributed by atoms with Gasteiger partial charge in [0, 0.05) is 11.8 Å². The number of hydrogen-bond acceptors (Lipinski definition) is 16. The highest BCUT2D eigenvalue weighted by atomic mass is 32.2. The molecule has 0 spiro atoms. The Kier molecular flexibility index (Phi) is 28.3. The maximum absolute atomic E-state index is 15.1. The van der Waals surface area contributed by atoms with Crippen molar-refractivity contribution in [1.82, 2.24) is 5.32 Å². The van der Waals surface area contributed by atoms with E-state index in [1.54, 1.807) is 34.6 Å². The molecule has 0 saturated carbocycles. The molecule has 1 aromatic carbocycles. The second-order valence-electron chi connectivity index (χ2n) is 17.3. The normalized spacial score (nSPS) is 14.1. The molecule has 0 aromatic heterocycles. The van der Waals surface area contributed by atoms with Crippen LogP contribution in [0.1, 0.15) is 104 Å². The second kappa shape index (κ2) is 31.4. The Morgan fingerprint density at radius 1 is 0.691 bits per heavy atom. The Labute approximate surface area is 400 Å². The molecule has 0 aliphatic carbocycles. The van der Waals surface area contributed by atoms with Crippen molar-refractivity contribution in [2.45, 2.75) is 109 Å². The van der Waals surface area contributed by atoms with Crippen LogP contribution in [-0.2, 0) is 76.8 Å². The lowest BCUT2D eigenvalue weighted by molar-refractivity contribution is -0.905. The number of nitrogens with one attached hydrogen (secondary N) is 1. The first-order valence-electron chi connectivity index (χ1n) is 23.1. The van der Waals surface area contributed by atoms with Gasteiger partial charge in [-0.15, -0.1) is 0 Å². The predicted octanol–water partition coefficient (Wildman–Crippen LogP) is 3.40. The van der Waals surface area contributed by atoms with Crippen LogP contribution in [0.2, 0.25) is 0 Å². The molecular formula is C46H76N3O18S+. The zero-order valence-electron chi connectivity index (χ0n) is 41.0. The van der Waals surface area contributed by atoms with Gasteiger partial charge in [-0.1, -0.05) is 26.0 Å². The molecule has 388 valence electrons. The van der Waals surface area contributed by atoms with Crippen LogP contribution in [0.4, 0.5) is 0 Å². The number of rotatable bonds is 37. The Bertz CT molecular complexity index is 1790. The number of aliphatic carboxylic acids is 1. The van der Waals surface area contributed by atoms with Crippen LogP contribution in [-0.4, -0.2) is 157 Å². The van der Waals surface area contributed by atoms with E-state index in [0.29, 0.717) is 16.6 Å². The van der Waals surface area contributed by atoms with E-state index in [-0.39, 0.29) is 118 Å². The first-order valence-corrected chi connectivity index (χ1v) is 24.5. The summed E-state index contributed by atoms with van der Waals surface area (Å²) in [5.41, 5.74) is 4.45. The first kappa shape index (κ1) is 61.3. The summed E-state index contributed by atoms with van der Waals surface area (Å²) >= 11 is 0. The number of amides is 2. The third-order valence-electron chi connectivity index (χ3n) is 11.2. The highest BCUT2D eigenvalue weighted by molar-refractivity contribution is 7.85. The lowest BCUT2D eigenvalue weighted by Gasteiger charge is -2.36. The standard InChI is InChI=1S/C46H75N3O18S/c1-9-33(42(47)53)25-37(44(55)56)27-36(26-35(34-14-16-38(17-15-34)68(58,59)60)24-32(6)45(57)67-31-49(7,8)10-2)43(54)48-46(28-61-21-18-39(50)64-11-3,29-62-22-19-40(51)65-12-4)30-63-23-20-41(52)66-13-5/h14-17,32-33,35-37H,9-13,18-31H2,1-8H3,(H4-,47,48,53,54,55,56,58,59,60)/p+1. The van der Waals surface area contributed by atoms with Crippen LogP contribution in [0.25, 0.3) is 0 Å². The number of carbonyl (C=O) groups is 7. The van der Waals surface area contributed by atoms with Crippen molar-refractivity contribution in [1.29, 1.82) is 0 Å². The monoisotopic (exact) mass is 990 g/mol. The van der Waals surface area contributed by atoms with Crippen molar-refractivity contribution in [2.24, 2.45) is 29.4 Å². The number of esters is 4. The van der Waals surface area contributed by atoms with Gasteiger partial charge in [-0.3, -0.25) is 42.6 Å². The zero-order valence-corrected chi connectivity index (χ0v) is 41.8. The summed E-state index contributed by atoms with van der Waals surface area (Å²) in [6, 6.07) is 5.16. The molecular weight excluding hydrogens is 915 g/mol. The average Bonchev–Trinajstić information content (AvgIpc) is 3.27. The van der Waals surface area contributed by atoms with E-state index in [4.69, 9.17) is 38.9 Å². The summed E-state index contributed by atoms with van der Waals surface area (Å²) in [4.78, 5) is 90.3. The molecule has 5 N–H and O–H groups in total. The number of nitrogens with two attached hydrogens (primary N) is 1. The summed E-state index contributed by atoms with van der Waals surface area (Å²) in [5, 5.41) is 13.5. The predicted molar refractivity (Wildman–Crippen MR) is 245 cm³/mol. The fourth-order valence-electron chi connectivity index (χ4n) is 6.96. The molecule has 21 nitrogen and oxygen atoms in total. The maximum Gasteiger partial charge on any atom is 0.312 e. The molecule has 0 bridgehead atoms. The second-order valence-corrected chi connectivity index (χ2v) is 18.7. The number of quaternary nitrogens is 1. The molecule has 0 radical (unpaired) electrons. The zero-order chi connectivity index (χ0) is 51.5. The molecule has 2 amide bonds. The Hall–Kier alpha value is -4.74. The van der Waals surface area contributed by atoms with E-state index in [0.717, 1.165) is 12.1 Å². The highest BCUT2D eigenvalue weighted by Crippen LogP contribution is 2.36. The van der Waals surface area contributed by atoms with Crippen LogP contribution < -0.4 is 11.1 Å². The molecule has 5 unspecified atom stereocenters. The van der Waals surface area contributed by atoms with Gasteiger partial charge in [-0.25, -0.2) is 0 Å². The summed E-state index contributed by atoms with van der Waals surface area (Å²) in [6.45, 7) is 9.59. The lowest BCUT2D eigenvalue weighted by Crippen LogP contribution is -2.60. The van der Waals surface area contributed by atoms with E-state index in [9.17, 15) is 46.8 Å². The van der Waals surface area contributed by atoms with Gasteiger partial charge >= 0.3 is 29.8 Å². The smallest absolute Gasteiger partial charge is 0.312 e. The lowest BCUT2D eigenvalue weighted by atomic mass is 9.77. The van der Waals surface area contributed by atoms with Gasteiger partial charge in [0.05, 0.1) is 116 Å². The minimum absolute atomic E-state index is 0.0278. The van der Waals surface area contributed by atoms with Gasteiger partial charge in [-0.2, -0.15) is 8.42 Å². The highest BCUT2D eigenvalue weighted by Gasteiger charge is 2.39. The number of carbonyl (C=O) groups excluding carboxylic acids is 6. The topological polar surface area (TPSA) is 297 Å². The molecule has 68 heavy (non-hydrogen) atoms. The molecule has 0 heterocycles. The third-order valence-corrected chi connectivity index (χ3v) is 12.1. The van der Waals surface area contributed by atoms with E-state index in [1.807, 2.05) is 21.0 Å². The number of carboxylic acids is 1. The summed E-state index contributed by atoms with van der Waals surface area (Å²) < 4.78 is 72.7. The van der Waals surface area contributed by atoms with Crippen LogP contribution in [0.3, 0.4) is 0 Å². The number of benzene rings is 1. The fraction of sp³-hybridized carbons (Fsp3) is 0.717. The van der Waals surface area contributed by atoms with Gasteiger partial charge in [0.15, 0.2) is 0 Å². The Morgan fingerprint density at radius 2 is 1.15 bits per heavy atom. The van der Waals surface area contributed by atoms with Crippen LogP contribution in [0.5, 0.6) is 0 Å². The fourth-order valence-corrected chi connectivity index (χ4v) is 7.44. The van der Waals surface area contributed by atoms with E-state index in [1.165, 1.54) is 12.1 Å². The van der Waals surface area contributed by atoms with Crippen molar-refractivity contribution >= 4 is 51.8 Å². The molecule has 22 heteroatoms. The van der Waals surface area contributed by atoms with Gasteiger partial charge in [-0.05, 0) is 83.4 Å². The van der Waals surface area contributed by atoms with Crippen LogP contribution >= 0.6 is 0 Å². The SMILES string of the molecule is CCOC(=O)CCOCC(COCCC(=O)OCC)(COCCC(=O)OCC)NC(=O)C(CC(CC(CC)C(N)=O)C(=O)O)CC(CC(C)C(=O)OC[N+](C)(C)CC)c1ccc(S(=O)(=O)O)cc1. The van der Waals surface area contributed by atoms with Crippen LogP contribution in [0, 0.1) is 23.7 Å². The minimum Gasteiger partial charge on any atom is -0.481 e. The Balaban J connectivity index is 4.01. The van der Waals surface area contributed by atoms with Gasteiger partial charge in [0.1, 0.15) is 5.54 Å². The molecule has 1 aromatic rings. The van der Waals surface area contributed by atoms with Crippen molar-refractivity contribution in [3.8, 4) is 0 Å². The third kappa shape index (κ3) is 24.0. The largest absolute Gasteiger partial charge is 0.481 e. The van der Waals surface area contributed by atoms with Crippen molar-refractivity contribution in [2.75, 3.05) is 86.8 Å². The van der Waals surface area contributed by atoms with E-state index >= 15 is 4.79 Å².